The molecule has 1 heterocycles. The largest absolute Gasteiger partial charge is 0.479 e. The maximum Gasteiger partial charge on any atom is 0.335 e. The maximum absolute atomic E-state index is 13.0. The highest BCUT2D eigenvalue weighted by Crippen LogP contribution is 2.27. The highest BCUT2D eigenvalue weighted by Gasteiger charge is 2.41. The maximum atomic E-state index is 13.0. The van der Waals surface area contributed by atoms with Crippen LogP contribution in [0.2, 0.25) is 0 Å². The molecule has 1 fully saturated rings. The van der Waals surface area contributed by atoms with Crippen LogP contribution in [-0.2, 0) is 9.59 Å². The standard InChI is InChI=1S/C16H20FNO4/c1-2-13(11-3-5-12(17)6-4-11)14(19)18-9-7-16(22,8-10-18)15(20)21/h3-6,13,22H,2,7-10H2,1H3,(H,20,21). The van der Waals surface area contributed by atoms with E-state index in [9.17, 15) is 19.1 Å². The van der Waals surface area contributed by atoms with Crippen LogP contribution in [0.1, 0.15) is 37.7 Å². The molecule has 0 radical (unpaired) electrons. The lowest BCUT2D eigenvalue weighted by Crippen LogP contribution is -2.51. The summed E-state index contributed by atoms with van der Waals surface area (Å²) in [7, 11) is 0. The van der Waals surface area contributed by atoms with Crippen LogP contribution in [0.25, 0.3) is 0 Å². The van der Waals surface area contributed by atoms with Gasteiger partial charge in [-0.25, -0.2) is 9.18 Å². The predicted molar refractivity (Wildman–Crippen MR) is 77.8 cm³/mol. The van der Waals surface area contributed by atoms with Crippen LogP contribution in [0.5, 0.6) is 0 Å². The average Bonchev–Trinajstić information content (AvgIpc) is 2.50. The Kier molecular flexibility index (Phi) is 4.81. The third-order valence-corrected chi connectivity index (χ3v) is 4.28. The molecule has 1 aromatic carbocycles. The number of carboxylic acid groups (broad SMARTS) is 1. The van der Waals surface area contributed by atoms with Gasteiger partial charge in [-0.05, 0) is 24.1 Å². The summed E-state index contributed by atoms with van der Waals surface area (Å²) in [6.45, 7) is 2.29. The normalized spacial score (nSPS) is 18.8. The number of aliphatic hydroxyl groups is 1. The van der Waals surface area contributed by atoms with Crippen LogP contribution in [0.3, 0.4) is 0 Å². The molecule has 0 saturated carbocycles. The summed E-state index contributed by atoms with van der Waals surface area (Å²) >= 11 is 0. The molecule has 0 bridgehead atoms. The fraction of sp³-hybridized carbons (Fsp3) is 0.500. The lowest BCUT2D eigenvalue weighted by atomic mass is 9.89. The van der Waals surface area contributed by atoms with Crippen molar-refractivity contribution < 1.29 is 24.2 Å². The minimum atomic E-state index is -1.74. The summed E-state index contributed by atoms with van der Waals surface area (Å²) in [5, 5.41) is 18.9. The van der Waals surface area contributed by atoms with E-state index < -0.39 is 11.6 Å². The number of rotatable bonds is 4. The Morgan fingerprint density at radius 3 is 2.27 bits per heavy atom. The number of hydrogen-bond donors (Lipinski definition) is 2. The van der Waals surface area contributed by atoms with E-state index >= 15 is 0 Å². The van der Waals surface area contributed by atoms with Crippen molar-refractivity contribution in [3.8, 4) is 0 Å². The number of carbonyl (C=O) groups excluding carboxylic acids is 1. The van der Waals surface area contributed by atoms with E-state index in [1.165, 1.54) is 12.1 Å². The Hall–Kier alpha value is -1.95. The van der Waals surface area contributed by atoms with E-state index in [1.807, 2.05) is 6.92 Å². The van der Waals surface area contributed by atoms with E-state index in [1.54, 1.807) is 17.0 Å². The molecule has 5 nitrogen and oxygen atoms in total. The van der Waals surface area contributed by atoms with Gasteiger partial charge in [0, 0.05) is 25.9 Å². The van der Waals surface area contributed by atoms with Crippen molar-refractivity contribution in [2.75, 3.05) is 13.1 Å². The average molecular weight is 309 g/mol. The van der Waals surface area contributed by atoms with Gasteiger partial charge in [-0.3, -0.25) is 4.79 Å². The van der Waals surface area contributed by atoms with Gasteiger partial charge in [0.15, 0.2) is 5.60 Å². The second-order valence-corrected chi connectivity index (χ2v) is 5.67. The number of nitrogens with zero attached hydrogens (tertiary/aromatic N) is 1. The fourth-order valence-corrected chi connectivity index (χ4v) is 2.78. The minimum absolute atomic E-state index is 0.0218. The van der Waals surface area contributed by atoms with E-state index in [2.05, 4.69) is 0 Å². The zero-order valence-electron chi connectivity index (χ0n) is 12.5. The summed E-state index contributed by atoms with van der Waals surface area (Å²) in [5.74, 6) is -2.08. The van der Waals surface area contributed by atoms with E-state index in [-0.39, 0.29) is 43.6 Å². The molecule has 22 heavy (non-hydrogen) atoms. The molecule has 2 N–H and O–H groups in total. The molecule has 1 saturated heterocycles. The molecule has 1 aliphatic rings. The highest BCUT2D eigenvalue weighted by atomic mass is 19.1. The number of hydrogen-bond acceptors (Lipinski definition) is 3. The van der Waals surface area contributed by atoms with E-state index in [0.717, 1.165) is 5.56 Å². The molecular formula is C16H20FNO4. The van der Waals surface area contributed by atoms with Crippen molar-refractivity contribution in [3.63, 3.8) is 0 Å². The molecule has 0 spiro atoms. The first-order valence-electron chi connectivity index (χ1n) is 7.37. The topological polar surface area (TPSA) is 77.8 Å². The zero-order chi connectivity index (χ0) is 16.3. The summed E-state index contributed by atoms with van der Waals surface area (Å²) in [4.78, 5) is 25.2. The molecule has 1 amide bonds. The van der Waals surface area contributed by atoms with Gasteiger partial charge >= 0.3 is 5.97 Å². The zero-order valence-corrected chi connectivity index (χ0v) is 12.5. The van der Waals surface area contributed by atoms with Crippen molar-refractivity contribution >= 4 is 11.9 Å². The molecule has 1 unspecified atom stereocenters. The van der Waals surface area contributed by atoms with Gasteiger partial charge in [-0.1, -0.05) is 19.1 Å². The first-order valence-corrected chi connectivity index (χ1v) is 7.37. The number of piperidine rings is 1. The van der Waals surface area contributed by atoms with Crippen molar-refractivity contribution in [2.24, 2.45) is 0 Å². The quantitative estimate of drug-likeness (QED) is 0.888. The van der Waals surface area contributed by atoms with Gasteiger partial charge < -0.3 is 15.1 Å². The molecule has 2 rings (SSSR count). The number of amides is 1. The first kappa shape index (κ1) is 16.4. The first-order chi connectivity index (χ1) is 10.4. The predicted octanol–water partition coefficient (Wildman–Crippen LogP) is 1.76. The van der Waals surface area contributed by atoms with Crippen molar-refractivity contribution in [1.29, 1.82) is 0 Å². The summed E-state index contributed by atoms with van der Waals surface area (Å²) in [6.07, 6.45) is 0.617. The summed E-state index contributed by atoms with van der Waals surface area (Å²) < 4.78 is 13.0. The molecule has 6 heteroatoms. The fourth-order valence-electron chi connectivity index (χ4n) is 2.78. The smallest absolute Gasteiger partial charge is 0.335 e. The molecule has 0 aromatic heterocycles. The van der Waals surface area contributed by atoms with Crippen molar-refractivity contribution in [1.82, 2.24) is 4.90 Å². The Bertz CT molecular complexity index is 550. The minimum Gasteiger partial charge on any atom is -0.479 e. The number of likely N-dealkylation sites (tertiary alicyclic amines) is 1. The highest BCUT2D eigenvalue weighted by molar-refractivity contribution is 5.84. The summed E-state index contributed by atoms with van der Waals surface area (Å²) in [6, 6.07) is 5.84. The third-order valence-electron chi connectivity index (χ3n) is 4.28. The number of carbonyl (C=O) groups is 2. The summed E-state index contributed by atoms with van der Waals surface area (Å²) in [5.41, 5.74) is -0.998. The molecule has 0 aliphatic carbocycles. The van der Waals surface area contributed by atoms with Crippen LogP contribution in [-0.4, -0.2) is 45.7 Å². The second-order valence-electron chi connectivity index (χ2n) is 5.67. The van der Waals surface area contributed by atoms with E-state index in [0.29, 0.717) is 6.42 Å². The Balaban J connectivity index is 2.07. The third kappa shape index (κ3) is 3.27. The SMILES string of the molecule is CCC(C(=O)N1CCC(O)(C(=O)O)CC1)c1ccc(F)cc1. The monoisotopic (exact) mass is 309 g/mol. The van der Waals surface area contributed by atoms with Crippen LogP contribution in [0, 0.1) is 5.82 Å². The van der Waals surface area contributed by atoms with Gasteiger partial charge in [-0.2, -0.15) is 0 Å². The molecular weight excluding hydrogens is 289 g/mol. The van der Waals surface area contributed by atoms with E-state index in [4.69, 9.17) is 5.11 Å². The lowest BCUT2D eigenvalue weighted by molar-refractivity contribution is -0.165. The number of carboxylic acids is 1. The van der Waals surface area contributed by atoms with Crippen LogP contribution in [0.15, 0.2) is 24.3 Å². The Morgan fingerprint density at radius 1 is 1.27 bits per heavy atom. The van der Waals surface area contributed by atoms with Crippen LogP contribution in [0.4, 0.5) is 4.39 Å². The van der Waals surface area contributed by atoms with Crippen molar-refractivity contribution in [2.45, 2.75) is 37.7 Å². The van der Waals surface area contributed by atoms with Gasteiger partial charge in [-0.15, -0.1) is 0 Å². The molecule has 1 aromatic rings. The molecule has 120 valence electrons. The van der Waals surface area contributed by atoms with Gasteiger partial charge in [0.1, 0.15) is 5.82 Å². The number of aliphatic carboxylic acids is 1. The molecule has 1 aliphatic heterocycles. The van der Waals surface area contributed by atoms with Crippen LogP contribution < -0.4 is 0 Å². The van der Waals surface area contributed by atoms with Gasteiger partial charge in [0.2, 0.25) is 5.91 Å². The Labute approximate surface area is 128 Å². The van der Waals surface area contributed by atoms with Crippen molar-refractivity contribution in [3.05, 3.63) is 35.6 Å². The Morgan fingerprint density at radius 2 is 1.82 bits per heavy atom. The van der Waals surface area contributed by atoms with Gasteiger partial charge in [0.05, 0.1) is 5.92 Å². The lowest BCUT2D eigenvalue weighted by Gasteiger charge is -2.37. The second kappa shape index (κ2) is 6.44. The van der Waals surface area contributed by atoms with Crippen LogP contribution >= 0.6 is 0 Å². The van der Waals surface area contributed by atoms with Gasteiger partial charge in [0.25, 0.3) is 0 Å². The number of halogens is 1. The number of benzene rings is 1. The molecule has 1 atom stereocenters.